The number of benzene rings is 1. The first-order valence-corrected chi connectivity index (χ1v) is 7.88. The molecule has 19 heavy (non-hydrogen) atoms. The van der Waals surface area contributed by atoms with E-state index in [0.717, 1.165) is 18.8 Å². The number of hydrogen-bond donors (Lipinski definition) is 1. The molecule has 0 amide bonds. The first-order chi connectivity index (χ1) is 8.78. The number of aryl methyl sites for hydroxylation is 1. The lowest BCUT2D eigenvalue weighted by Gasteiger charge is -2.21. The van der Waals surface area contributed by atoms with Gasteiger partial charge in [0.2, 0.25) is 0 Å². The fourth-order valence-corrected chi connectivity index (χ4v) is 2.82. The summed E-state index contributed by atoms with van der Waals surface area (Å²) in [4.78, 5) is 3.63. The summed E-state index contributed by atoms with van der Waals surface area (Å²) >= 11 is 1.95. The van der Waals surface area contributed by atoms with Crippen molar-refractivity contribution in [1.82, 2.24) is 10.2 Å². The normalized spacial score (nSPS) is 12.2. The number of hydrogen-bond acceptors (Lipinski definition) is 3. The zero-order valence-electron chi connectivity index (χ0n) is 13.2. The van der Waals surface area contributed by atoms with E-state index in [9.17, 15) is 0 Å². The Morgan fingerprint density at radius 1 is 1.21 bits per heavy atom. The van der Waals surface area contributed by atoms with E-state index in [2.05, 4.69) is 70.2 Å². The van der Waals surface area contributed by atoms with Crippen molar-refractivity contribution in [3.05, 3.63) is 29.3 Å². The second-order valence-corrected chi connectivity index (χ2v) is 7.49. The number of rotatable bonds is 6. The van der Waals surface area contributed by atoms with Crippen molar-refractivity contribution < 1.29 is 0 Å². The molecule has 0 aliphatic heterocycles. The molecule has 0 atom stereocenters. The topological polar surface area (TPSA) is 15.3 Å². The fraction of sp³-hybridized carbons (Fsp3) is 0.625. The summed E-state index contributed by atoms with van der Waals surface area (Å²) in [7, 11) is 4.24. The van der Waals surface area contributed by atoms with Crippen LogP contribution in [-0.4, -0.2) is 36.8 Å². The third kappa shape index (κ3) is 7.00. The maximum atomic E-state index is 3.53. The second-order valence-electron chi connectivity index (χ2n) is 6.36. The van der Waals surface area contributed by atoms with Crippen molar-refractivity contribution >= 4 is 11.8 Å². The van der Waals surface area contributed by atoms with E-state index in [1.165, 1.54) is 16.0 Å². The maximum Gasteiger partial charge on any atom is 0.0210 e. The highest BCUT2D eigenvalue weighted by molar-refractivity contribution is 7.99. The molecule has 2 nitrogen and oxygen atoms in total. The smallest absolute Gasteiger partial charge is 0.0210 e. The summed E-state index contributed by atoms with van der Waals surface area (Å²) in [5, 5.41) is 3.53. The molecule has 0 saturated carbocycles. The van der Waals surface area contributed by atoms with Gasteiger partial charge >= 0.3 is 0 Å². The molecule has 0 aliphatic carbocycles. The van der Waals surface area contributed by atoms with Crippen LogP contribution in [0.1, 0.15) is 31.9 Å². The van der Waals surface area contributed by atoms with Crippen LogP contribution in [0.5, 0.6) is 0 Å². The summed E-state index contributed by atoms with van der Waals surface area (Å²) in [5.74, 6) is 1.15. The van der Waals surface area contributed by atoms with Gasteiger partial charge in [-0.1, -0.05) is 12.1 Å². The monoisotopic (exact) mass is 280 g/mol. The van der Waals surface area contributed by atoms with Crippen molar-refractivity contribution in [3.8, 4) is 0 Å². The van der Waals surface area contributed by atoms with Crippen LogP contribution in [0.3, 0.4) is 0 Å². The summed E-state index contributed by atoms with van der Waals surface area (Å²) in [5.41, 5.74) is 2.92. The lowest BCUT2D eigenvalue weighted by Crippen LogP contribution is -2.35. The van der Waals surface area contributed by atoms with Gasteiger partial charge in [0.25, 0.3) is 0 Å². The predicted molar refractivity (Wildman–Crippen MR) is 87.0 cm³/mol. The van der Waals surface area contributed by atoms with Crippen LogP contribution in [0.15, 0.2) is 23.1 Å². The molecule has 0 radical (unpaired) electrons. The second kappa shape index (κ2) is 7.32. The van der Waals surface area contributed by atoms with Gasteiger partial charge in [-0.15, -0.1) is 11.8 Å². The molecule has 1 aromatic rings. The number of thioether (sulfide) groups is 1. The molecule has 3 heteroatoms. The maximum absolute atomic E-state index is 3.53. The molecule has 0 aliphatic rings. The Bertz CT molecular complexity index is 394. The highest BCUT2D eigenvalue weighted by Crippen LogP contribution is 2.23. The average molecular weight is 280 g/mol. The van der Waals surface area contributed by atoms with Crippen molar-refractivity contribution in [2.45, 2.75) is 44.7 Å². The Morgan fingerprint density at radius 3 is 2.42 bits per heavy atom. The third-order valence-electron chi connectivity index (χ3n) is 2.86. The van der Waals surface area contributed by atoms with Gasteiger partial charge in [0.1, 0.15) is 0 Å². The van der Waals surface area contributed by atoms with E-state index in [0.29, 0.717) is 0 Å². The molecule has 0 heterocycles. The Kier molecular flexibility index (Phi) is 6.37. The van der Waals surface area contributed by atoms with Crippen LogP contribution < -0.4 is 5.32 Å². The van der Waals surface area contributed by atoms with Crippen LogP contribution in [0, 0.1) is 6.92 Å². The molecule has 1 aromatic carbocycles. The summed E-state index contributed by atoms with van der Waals surface area (Å²) in [6, 6.07) is 6.80. The quantitative estimate of drug-likeness (QED) is 0.803. The van der Waals surface area contributed by atoms with Crippen LogP contribution in [0.2, 0.25) is 0 Å². The average Bonchev–Trinajstić information content (AvgIpc) is 2.27. The standard InChI is InChI=1S/C16H28N2S/c1-13-11-14(12-17-16(2,3)4)7-8-15(13)19-10-9-18(5)6/h7-8,11,17H,9-10,12H2,1-6H3. The molecular formula is C16H28N2S. The van der Waals surface area contributed by atoms with Crippen molar-refractivity contribution in [3.63, 3.8) is 0 Å². The van der Waals surface area contributed by atoms with Crippen LogP contribution in [0.4, 0.5) is 0 Å². The highest BCUT2D eigenvalue weighted by Gasteiger charge is 2.09. The SMILES string of the molecule is Cc1cc(CNC(C)(C)C)ccc1SCCN(C)C. The van der Waals surface area contributed by atoms with E-state index >= 15 is 0 Å². The minimum absolute atomic E-state index is 0.174. The third-order valence-corrected chi connectivity index (χ3v) is 4.01. The lowest BCUT2D eigenvalue weighted by molar-refractivity contribution is 0.424. The Morgan fingerprint density at radius 2 is 1.89 bits per heavy atom. The Balaban J connectivity index is 2.54. The van der Waals surface area contributed by atoms with Crippen molar-refractivity contribution in [1.29, 1.82) is 0 Å². The molecule has 0 bridgehead atoms. The fourth-order valence-electron chi connectivity index (χ4n) is 1.69. The summed E-state index contributed by atoms with van der Waals surface area (Å²) in [6.07, 6.45) is 0. The van der Waals surface area contributed by atoms with Gasteiger partial charge in [0.05, 0.1) is 0 Å². The van der Waals surface area contributed by atoms with E-state index in [4.69, 9.17) is 0 Å². The zero-order valence-corrected chi connectivity index (χ0v) is 14.0. The van der Waals surface area contributed by atoms with E-state index < -0.39 is 0 Å². The molecule has 0 spiro atoms. The van der Waals surface area contributed by atoms with Gasteiger partial charge in [-0.05, 0) is 59.0 Å². The zero-order chi connectivity index (χ0) is 14.5. The van der Waals surface area contributed by atoms with Crippen molar-refractivity contribution in [2.75, 3.05) is 26.4 Å². The number of nitrogens with zero attached hydrogens (tertiary/aromatic N) is 1. The Labute approximate surface area is 123 Å². The highest BCUT2D eigenvalue weighted by atomic mass is 32.2. The molecule has 108 valence electrons. The van der Waals surface area contributed by atoms with E-state index in [1.807, 2.05) is 11.8 Å². The van der Waals surface area contributed by atoms with Gasteiger partial charge in [0.15, 0.2) is 0 Å². The minimum atomic E-state index is 0.174. The summed E-state index contributed by atoms with van der Waals surface area (Å²) in [6.45, 7) is 10.9. The molecular weight excluding hydrogens is 252 g/mol. The molecule has 1 rings (SSSR count). The molecule has 0 unspecified atom stereocenters. The van der Waals surface area contributed by atoms with Crippen molar-refractivity contribution in [2.24, 2.45) is 0 Å². The van der Waals surface area contributed by atoms with Crippen LogP contribution in [-0.2, 0) is 6.54 Å². The molecule has 1 N–H and O–H groups in total. The summed E-state index contributed by atoms with van der Waals surface area (Å²) < 4.78 is 0. The van der Waals surface area contributed by atoms with Gasteiger partial charge < -0.3 is 10.2 Å². The van der Waals surface area contributed by atoms with Gasteiger partial charge in [-0.2, -0.15) is 0 Å². The first kappa shape index (κ1) is 16.5. The molecule has 0 fully saturated rings. The Hall–Kier alpha value is -0.510. The first-order valence-electron chi connectivity index (χ1n) is 6.90. The van der Waals surface area contributed by atoms with Gasteiger partial charge in [-0.25, -0.2) is 0 Å². The lowest BCUT2D eigenvalue weighted by atomic mass is 10.1. The predicted octanol–water partition coefficient (Wildman–Crippen LogP) is 3.54. The van der Waals surface area contributed by atoms with Crippen LogP contribution in [0.25, 0.3) is 0 Å². The van der Waals surface area contributed by atoms with E-state index in [-0.39, 0.29) is 5.54 Å². The minimum Gasteiger partial charge on any atom is -0.309 e. The number of nitrogens with one attached hydrogen (secondary N) is 1. The van der Waals surface area contributed by atoms with E-state index in [1.54, 1.807) is 0 Å². The van der Waals surface area contributed by atoms with Gasteiger partial charge in [-0.3, -0.25) is 0 Å². The molecule has 0 saturated heterocycles. The van der Waals surface area contributed by atoms with Crippen LogP contribution >= 0.6 is 11.8 Å². The molecule has 0 aromatic heterocycles. The van der Waals surface area contributed by atoms with Gasteiger partial charge in [0, 0.05) is 29.3 Å². The largest absolute Gasteiger partial charge is 0.309 e.